The van der Waals surface area contributed by atoms with Gasteiger partial charge in [0.15, 0.2) is 5.03 Å². The minimum atomic E-state index is -3.97. The number of carbonyl (C=O) groups excluding carboxylic acids is 1. The minimum absolute atomic E-state index is 0.0242. The third-order valence-electron chi connectivity index (χ3n) is 6.00. The molecule has 2 aromatic rings. The lowest BCUT2D eigenvalue weighted by atomic mass is 9.96. The van der Waals surface area contributed by atoms with Crippen LogP contribution in [0.4, 0.5) is 4.39 Å². The Kier molecular flexibility index (Phi) is 7.63. The highest BCUT2D eigenvalue weighted by atomic mass is 32.2. The molecular formula is C22H29FN4O6S. The van der Waals surface area contributed by atoms with Crippen molar-refractivity contribution < 1.29 is 32.2 Å². The number of imidazole rings is 1. The normalized spacial score (nSPS) is 26.3. The van der Waals surface area contributed by atoms with Crippen LogP contribution in [0.5, 0.6) is 0 Å². The molecule has 0 saturated carbocycles. The molecule has 0 radical (unpaired) electrons. The van der Waals surface area contributed by atoms with Gasteiger partial charge >= 0.3 is 0 Å². The van der Waals surface area contributed by atoms with Crippen LogP contribution in [0.3, 0.4) is 0 Å². The van der Waals surface area contributed by atoms with Gasteiger partial charge in [-0.05, 0) is 30.5 Å². The van der Waals surface area contributed by atoms with Crippen LogP contribution in [0.2, 0.25) is 0 Å². The number of benzene rings is 1. The number of amides is 1. The van der Waals surface area contributed by atoms with E-state index in [0.29, 0.717) is 12.8 Å². The first-order valence-corrected chi connectivity index (χ1v) is 12.6. The topological polar surface area (TPSA) is 123 Å². The second-order valence-electron chi connectivity index (χ2n) is 8.69. The van der Waals surface area contributed by atoms with Gasteiger partial charge in [0.05, 0.1) is 50.3 Å². The summed E-state index contributed by atoms with van der Waals surface area (Å²) >= 11 is 0. The Morgan fingerprint density at radius 1 is 1.26 bits per heavy atom. The first-order valence-electron chi connectivity index (χ1n) is 11.1. The van der Waals surface area contributed by atoms with Crippen molar-refractivity contribution in [1.29, 1.82) is 0 Å². The van der Waals surface area contributed by atoms with Gasteiger partial charge in [0.1, 0.15) is 5.82 Å². The lowest BCUT2D eigenvalue weighted by molar-refractivity contribution is -0.146. The molecule has 1 aromatic carbocycles. The van der Waals surface area contributed by atoms with Gasteiger partial charge in [0, 0.05) is 26.3 Å². The van der Waals surface area contributed by atoms with Gasteiger partial charge in [-0.3, -0.25) is 4.79 Å². The molecule has 0 aliphatic carbocycles. The van der Waals surface area contributed by atoms with E-state index in [1.165, 1.54) is 29.0 Å². The van der Waals surface area contributed by atoms with Crippen LogP contribution in [0, 0.1) is 5.82 Å². The molecule has 2 aliphatic rings. The van der Waals surface area contributed by atoms with Crippen LogP contribution < -0.4 is 5.32 Å². The molecule has 0 spiro atoms. The number of rotatable bonds is 6. The number of aliphatic hydroxyl groups excluding tert-OH is 1. The Morgan fingerprint density at radius 2 is 2.03 bits per heavy atom. The van der Waals surface area contributed by atoms with Crippen molar-refractivity contribution in [3.8, 4) is 0 Å². The second kappa shape index (κ2) is 10.5. The molecule has 1 amide bonds. The van der Waals surface area contributed by atoms with E-state index in [2.05, 4.69) is 10.3 Å². The van der Waals surface area contributed by atoms with Crippen molar-refractivity contribution in [2.75, 3.05) is 19.8 Å². The average molecular weight is 497 g/mol. The number of hydrogen-bond acceptors (Lipinski definition) is 7. The molecule has 2 fully saturated rings. The van der Waals surface area contributed by atoms with Crippen molar-refractivity contribution in [2.24, 2.45) is 7.05 Å². The number of fused-ring (bicyclic) bond motifs is 1. The van der Waals surface area contributed by atoms with Crippen LogP contribution in [-0.4, -0.2) is 77.4 Å². The largest absolute Gasteiger partial charge is 0.389 e. The quantitative estimate of drug-likeness (QED) is 0.599. The van der Waals surface area contributed by atoms with Gasteiger partial charge in [-0.15, -0.1) is 0 Å². The molecule has 2 saturated heterocycles. The van der Waals surface area contributed by atoms with E-state index >= 15 is 0 Å². The highest BCUT2D eigenvalue weighted by Crippen LogP contribution is 2.31. The van der Waals surface area contributed by atoms with Gasteiger partial charge in [-0.1, -0.05) is 12.1 Å². The lowest BCUT2D eigenvalue weighted by Gasteiger charge is -2.43. The third kappa shape index (κ3) is 5.81. The maximum atomic E-state index is 13.3. The van der Waals surface area contributed by atoms with Crippen molar-refractivity contribution in [3.63, 3.8) is 0 Å². The third-order valence-corrected chi connectivity index (χ3v) is 7.78. The van der Waals surface area contributed by atoms with Gasteiger partial charge in [-0.2, -0.15) is 4.31 Å². The van der Waals surface area contributed by atoms with Crippen LogP contribution >= 0.6 is 0 Å². The number of carbonyl (C=O) groups is 1. The minimum Gasteiger partial charge on any atom is -0.389 e. The Balaban J connectivity index is 1.41. The summed E-state index contributed by atoms with van der Waals surface area (Å²) in [7, 11) is -2.29. The van der Waals surface area contributed by atoms with Gasteiger partial charge < -0.3 is 24.5 Å². The Labute approximate surface area is 197 Å². The Bertz CT molecular complexity index is 1090. The second-order valence-corrected chi connectivity index (χ2v) is 10.5. The molecule has 0 unspecified atom stereocenters. The van der Waals surface area contributed by atoms with Crippen molar-refractivity contribution in [3.05, 3.63) is 48.2 Å². The smallest absolute Gasteiger partial charge is 0.262 e. The maximum Gasteiger partial charge on any atom is 0.262 e. The number of aromatic nitrogens is 2. The van der Waals surface area contributed by atoms with Crippen molar-refractivity contribution >= 4 is 15.9 Å². The highest BCUT2D eigenvalue weighted by molar-refractivity contribution is 7.89. The highest BCUT2D eigenvalue weighted by Gasteiger charge is 2.43. The fourth-order valence-corrected chi connectivity index (χ4v) is 5.98. The zero-order valence-electron chi connectivity index (χ0n) is 18.8. The number of nitrogens with one attached hydrogen (secondary N) is 1. The number of nitrogens with zero attached hydrogens (tertiary/aromatic N) is 3. The summed E-state index contributed by atoms with van der Waals surface area (Å²) in [5, 5.41) is 13.0. The number of aliphatic hydroxyl groups is 1. The maximum absolute atomic E-state index is 13.3. The Hall–Kier alpha value is -2.38. The van der Waals surface area contributed by atoms with Crippen molar-refractivity contribution in [1.82, 2.24) is 19.2 Å². The van der Waals surface area contributed by atoms with Gasteiger partial charge in [0.2, 0.25) is 5.91 Å². The molecule has 2 aliphatic heterocycles. The first kappa shape index (κ1) is 24.7. The molecule has 4 rings (SSSR count). The number of aryl methyl sites for hydroxylation is 1. The van der Waals surface area contributed by atoms with E-state index < -0.39 is 34.4 Å². The van der Waals surface area contributed by atoms with Crippen LogP contribution in [0.15, 0.2) is 41.8 Å². The number of sulfonamides is 1. The van der Waals surface area contributed by atoms with Crippen LogP contribution in [-0.2, 0) is 37.9 Å². The van der Waals surface area contributed by atoms with Crippen LogP contribution in [0.25, 0.3) is 0 Å². The Morgan fingerprint density at radius 3 is 2.74 bits per heavy atom. The van der Waals surface area contributed by atoms with Gasteiger partial charge in [-0.25, -0.2) is 17.8 Å². The van der Waals surface area contributed by atoms with E-state index in [1.54, 1.807) is 23.7 Å². The van der Waals surface area contributed by atoms with Gasteiger partial charge in [0.25, 0.3) is 10.0 Å². The first-order chi connectivity index (χ1) is 16.2. The molecule has 1 aromatic heterocycles. The van der Waals surface area contributed by atoms with Crippen LogP contribution in [0.1, 0.15) is 24.8 Å². The zero-order chi connectivity index (χ0) is 24.3. The molecule has 10 nitrogen and oxygen atoms in total. The standard InChI is InChI=1S/C22H29FN4O6S/c1-26-11-22(25-14-26)34(30,31)27-10-17(28)12-32-13-20-19(27)7-6-18(33-20)8-21(29)24-9-15-2-4-16(23)5-3-15/h2-5,11,14,17-20,28H,6-10,12-13H2,1H3,(H,24,29)/t17-,18-,19-,20+/m0/s1. The summed E-state index contributed by atoms with van der Waals surface area (Å²) in [4.78, 5) is 16.4. The predicted molar refractivity (Wildman–Crippen MR) is 118 cm³/mol. The zero-order valence-corrected chi connectivity index (χ0v) is 19.7. The fourth-order valence-electron chi connectivity index (χ4n) is 4.29. The SMILES string of the molecule is Cn1cnc(S(=O)(=O)N2C[C@H](O)COC[C@H]3O[C@H](CC(=O)NCc4ccc(F)cc4)CC[C@@H]32)c1. The summed E-state index contributed by atoms with van der Waals surface area (Å²) < 4.78 is 54.1. The summed E-state index contributed by atoms with van der Waals surface area (Å²) in [6, 6.07) is 5.33. The lowest BCUT2D eigenvalue weighted by Crippen LogP contribution is -2.57. The predicted octanol–water partition coefficient (Wildman–Crippen LogP) is 0.564. The summed E-state index contributed by atoms with van der Waals surface area (Å²) in [6.07, 6.45) is 1.89. The average Bonchev–Trinajstić information content (AvgIpc) is 3.23. The number of ether oxygens (including phenoxy) is 2. The monoisotopic (exact) mass is 496 g/mol. The molecule has 4 atom stereocenters. The molecular weight excluding hydrogens is 467 g/mol. The molecule has 3 heterocycles. The summed E-state index contributed by atoms with van der Waals surface area (Å²) in [5.74, 6) is -0.554. The number of hydrogen-bond donors (Lipinski definition) is 2. The molecule has 0 bridgehead atoms. The molecule has 12 heteroatoms. The van der Waals surface area contributed by atoms with Crippen molar-refractivity contribution in [2.45, 2.75) is 55.2 Å². The number of halogens is 1. The summed E-state index contributed by atoms with van der Waals surface area (Å²) in [6.45, 7) is 0.217. The van der Waals surface area contributed by atoms with E-state index in [4.69, 9.17) is 9.47 Å². The fraction of sp³-hybridized carbons (Fsp3) is 0.545. The number of β-amino-alcohol motifs (C(OH)–C–C–N with tert-alkyl or cyclic N) is 1. The van der Waals surface area contributed by atoms with E-state index in [0.717, 1.165) is 5.56 Å². The van der Waals surface area contributed by atoms with E-state index in [9.17, 15) is 22.7 Å². The van der Waals surface area contributed by atoms with E-state index in [1.807, 2.05) is 0 Å². The molecule has 34 heavy (non-hydrogen) atoms. The van der Waals surface area contributed by atoms with E-state index in [-0.39, 0.29) is 49.5 Å². The molecule has 2 N–H and O–H groups in total. The molecule has 186 valence electrons. The summed E-state index contributed by atoms with van der Waals surface area (Å²) in [5.41, 5.74) is 0.779.